The second-order valence-corrected chi connectivity index (χ2v) is 5.03. The van der Waals surface area contributed by atoms with Crippen molar-refractivity contribution in [1.82, 2.24) is 0 Å². The van der Waals surface area contributed by atoms with E-state index in [1.165, 1.54) is 0 Å². The lowest BCUT2D eigenvalue weighted by molar-refractivity contribution is 0.169. The summed E-state index contributed by atoms with van der Waals surface area (Å²) in [6, 6.07) is 11.2. The van der Waals surface area contributed by atoms with E-state index >= 15 is 0 Å². The number of ether oxygens (including phenoxy) is 3. The Morgan fingerprint density at radius 2 is 1.67 bits per heavy atom. The first-order chi connectivity index (χ1) is 10.2. The summed E-state index contributed by atoms with van der Waals surface area (Å²) >= 11 is 0. The standard InChI is InChI=1S/C17H18O4/c1-11-9-12(3-5-14(11)19-2)17(18)13-4-6-15-16(10-13)21-8-7-20-15/h3-6,9-10,17-18H,7-8H2,1-2H3. The van der Waals surface area contributed by atoms with Crippen molar-refractivity contribution in [3.8, 4) is 17.2 Å². The average Bonchev–Trinajstić information content (AvgIpc) is 2.53. The number of rotatable bonds is 3. The van der Waals surface area contributed by atoms with Crippen molar-refractivity contribution < 1.29 is 19.3 Å². The van der Waals surface area contributed by atoms with E-state index in [1.54, 1.807) is 7.11 Å². The van der Waals surface area contributed by atoms with Crippen LogP contribution in [0.4, 0.5) is 0 Å². The van der Waals surface area contributed by atoms with Gasteiger partial charge in [-0.05, 0) is 47.9 Å². The van der Waals surface area contributed by atoms with Gasteiger partial charge < -0.3 is 19.3 Å². The maximum Gasteiger partial charge on any atom is 0.161 e. The largest absolute Gasteiger partial charge is 0.496 e. The quantitative estimate of drug-likeness (QED) is 0.942. The van der Waals surface area contributed by atoms with Crippen molar-refractivity contribution in [1.29, 1.82) is 0 Å². The Morgan fingerprint density at radius 3 is 2.38 bits per heavy atom. The minimum Gasteiger partial charge on any atom is -0.496 e. The van der Waals surface area contributed by atoms with Crippen molar-refractivity contribution in [2.75, 3.05) is 20.3 Å². The highest BCUT2D eigenvalue weighted by Gasteiger charge is 2.17. The number of aliphatic hydroxyl groups excluding tert-OH is 1. The molecule has 1 atom stereocenters. The van der Waals surface area contributed by atoms with Gasteiger partial charge in [-0.15, -0.1) is 0 Å². The third-order valence-electron chi connectivity index (χ3n) is 3.62. The summed E-state index contributed by atoms with van der Waals surface area (Å²) in [5, 5.41) is 10.5. The van der Waals surface area contributed by atoms with Gasteiger partial charge in [0.2, 0.25) is 0 Å². The molecule has 1 heterocycles. The normalized spacial score (nSPS) is 14.6. The molecule has 0 saturated carbocycles. The zero-order valence-corrected chi connectivity index (χ0v) is 12.1. The molecular weight excluding hydrogens is 268 g/mol. The van der Waals surface area contributed by atoms with Crippen LogP contribution in [0.5, 0.6) is 17.2 Å². The second-order valence-electron chi connectivity index (χ2n) is 5.03. The summed E-state index contributed by atoms with van der Waals surface area (Å²) < 4.78 is 16.3. The molecule has 0 spiro atoms. The van der Waals surface area contributed by atoms with Crippen LogP contribution in [-0.4, -0.2) is 25.4 Å². The van der Waals surface area contributed by atoms with Crippen LogP contribution in [-0.2, 0) is 0 Å². The van der Waals surface area contributed by atoms with Crippen LogP contribution in [0.2, 0.25) is 0 Å². The van der Waals surface area contributed by atoms with E-state index in [-0.39, 0.29) is 0 Å². The van der Waals surface area contributed by atoms with Crippen LogP contribution in [0.25, 0.3) is 0 Å². The van der Waals surface area contributed by atoms with Crippen LogP contribution in [0, 0.1) is 6.92 Å². The van der Waals surface area contributed by atoms with Gasteiger partial charge in [-0.3, -0.25) is 0 Å². The zero-order valence-electron chi connectivity index (χ0n) is 12.1. The van der Waals surface area contributed by atoms with Crippen molar-refractivity contribution >= 4 is 0 Å². The SMILES string of the molecule is COc1ccc(C(O)c2ccc3c(c2)OCCO3)cc1C. The van der Waals surface area contributed by atoms with E-state index in [0.29, 0.717) is 19.0 Å². The predicted molar refractivity (Wildman–Crippen MR) is 79.2 cm³/mol. The highest BCUT2D eigenvalue weighted by molar-refractivity contribution is 5.47. The molecule has 0 aliphatic carbocycles. The van der Waals surface area contributed by atoms with Crippen LogP contribution in [0.15, 0.2) is 36.4 Å². The Bertz CT molecular complexity index is 651. The van der Waals surface area contributed by atoms with Gasteiger partial charge in [-0.1, -0.05) is 12.1 Å². The molecule has 1 N–H and O–H groups in total. The lowest BCUT2D eigenvalue weighted by atomic mass is 9.99. The Labute approximate surface area is 123 Å². The van der Waals surface area contributed by atoms with Gasteiger partial charge in [0.25, 0.3) is 0 Å². The number of benzene rings is 2. The molecule has 0 saturated heterocycles. The lowest BCUT2D eigenvalue weighted by Gasteiger charge is -2.20. The molecule has 4 nitrogen and oxygen atoms in total. The van der Waals surface area contributed by atoms with Gasteiger partial charge in [-0.2, -0.15) is 0 Å². The van der Waals surface area contributed by atoms with E-state index in [9.17, 15) is 5.11 Å². The van der Waals surface area contributed by atoms with Crippen LogP contribution in [0.1, 0.15) is 22.8 Å². The molecule has 0 radical (unpaired) electrons. The fraction of sp³-hybridized carbons (Fsp3) is 0.294. The summed E-state index contributed by atoms with van der Waals surface area (Å²) in [7, 11) is 1.64. The fourth-order valence-corrected chi connectivity index (χ4v) is 2.49. The number of aryl methyl sites for hydroxylation is 1. The highest BCUT2D eigenvalue weighted by atomic mass is 16.6. The Morgan fingerprint density at radius 1 is 1.00 bits per heavy atom. The monoisotopic (exact) mass is 286 g/mol. The molecule has 4 heteroatoms. The molecule has 0 fully saturated rings. The molecule has 0 bridgehead atoms. The second kappa shape index (κ2) is 5.66. The highest BCUT2D eigenvalue weighted by Crippen LogP contribution is 2.35. The van der Waals surface area contributed by atoms with Crippen molar-refractivity contribution in [2.24, 2.45) is 0 Å². The Kier molecular flexibility index (Phi) is 3.71. The van der Waals surface area contributed by atoms with Crippen LogP contribution in [0.3, 0.4) is 0 Å². The van der Waals surface area contributed by atoms with E-state index in [2.05, 4.69) is 0 Å². The molecule has 0 amide bonds. The van der Waals surface area contributed by atoms with Gasteiger partial charge in [0.1, 0.15) is 25.1 Å². The maximum absolute atomic E-state index is 10.5. The predicted octanol–water partition coefficient (Wildman–Crippen LogP) is 2.86. The van der Waals surface area contributed by atoms with Gasteiger partial charge in [-0.25, -0.2) is 0 Å². The third kappa shape index (κ3) is 2.67. The molecular formula is C17H18O4. The van der Waals surface area contributed by atoms with Gasteiger partial charge in [0.15, 0.2) is 11.5 Å². The molecule has 3 rings (SSSR count). The summed E-state index contributed by atoms with van der Waals surface area (Å²) in [6.07, 6.45) is -0.703. The Hall–Kier alpha value is -2.20. The van der Waals surface area contributed by atoms with Gasteiger partial charge in [0.05, 0.1) is 7.11 Å². The van der Waals surface area contributed by atoms with Crippen LogP contribution >= 0.6 is 0 Å². The molecule has 1 aliphatic heterocycles. The fourth-order valence-electron chi connectivity index (χ4n) is 2.49. The summed E-state index contributed by atoms with van der Waals surface area (Å²) in [5.41, 5.74) is 2.60. The van der Waals surface area contributed by atoms with Crippen molar-refractivity contribution in [3.63, 3.8) is 0 Å². The van der Waals surface area contributed by atoms with E-state index in [0.717, 1.165) is 28.2 Å². The number of aliphatic hydroxyl groups is 1. The van der Waals surface area contributed by atoms with Crippen molar-refractivity contribution in [2.45, 2.75) is 13.0 Å². The maximum atomic E-state index is 10.5. The molecule has 2 aromatic carbocycles. The average molecular weight is 286 g/mol. The minimum atomic E-state index is -0.703. The molecule has 2 aromatic rings. The van der Waals surface area contributed by atoms with Gasteiger partial charge in [0, 0.05) is 0 Å². The molecule has 1 aliphatic rings. The summed E-state index contributed by atoms with van der Waals surface area (Å²) in [5.74, 6) is 2.22. The lowest BCUT2D eigenvalue weighted by Crippen LogP contribution is -2.15. The Balaban J connectivity index is 1.91. The minimum absolute atomic E-state index is 0.536. The molecule has 21 heavy (non-hydrogen) atoms. The first-order valence-corrected chi connectivity index (χ1v) is 6.91. The first-order valence-electron chi connectivity index (χ1n) is 6.91. The van der Waals surface area contributed by atoms with E-state index in [1.807, 2.05) is 43.3 Å². The summed E-state index contributed by atoms with van der Waals surface area (Å²) in [4.78, 5) is 0. The number of hydrogen-bond acceptors (Lipinski definition) is 4. The molecule has 1 unspecified atom stereocenters. The first kappa shape index (κ1) is 13.8. The third-order valence-corrected chi connectivity index (χ3v) is 3.62. The van der Waals surface area contributed by atoms with Crippen LogP contribution < -0.4 is 14.2 Å². The summed E-state index contributed by atoms with van der Waals surface area (Å²) in [6.45, 7) is 3.06. The topological polar surface area (TPSA) is 47.9 Å². The van der Waals surface area contributed by atoms with E-state index in [4.69, 9.17) is 14.2 Å². The number of methoxy groups -OCH3 is 1. The van der Waals surface area contributed by atoms with Crippen molar-refractivity contribution in [3.05, 3.63) is 53.1 Å². The van der Waals surface area contributed by atoms with E-state index < -0.39 is 6.10 Å². The zero-order chi connectivity index (χ0) is 14.8. The molecule has 0 aromatic heterocycles. The van der Waals surface area contributed by atoms with Gasteiger partial charge >= 0.3 is 0 Å². The number of fused-ring (bicyclic) bond motifs is 1. The molecule has 110 valence electrons. The smallest absolute Gasteiger partial charge is 0.161 e. The number of hydrogen-bond donors (Lipinski definition) is 1.